The van der Waals surface area contributed by atoms with Crippen molar-refractivity contribution in [1.29, 1.82) is 0 Å². The van der Waals surface area contributed by atoms with Crippen molar-refractivity contribution in [1.82, 2.24) is 4.72 Å². The summed E-state index contributed by atoms with van der Waals surface area (Å²) >= 11 is 0. The van der Waals surface area contributed by atoms with Crippen molar-refractivity contribution in [3.8, 4) is 0 Å². The summed E-state index contributed by atoms with van der Waals surface area (Å²) in [5.41, 5.74) is 7.02. The van der Waals surface area contributed by atoms with Crippen LogP contribution in [-0.2, 0) is 15.8 Å². The minimum absolute atomic E-state index is 0.00931. The van der Waals surface area contributed by atoms with E-state index in [-0.39, 0.29) is 17.2 Å². The Balaban J connectivity index is 2.03. The molecule has 0 heterocycles. The maximum atomic E-state index is 11.9. The average molecular weight is 254 g/mol. The van der Waals surface area contributed by atoms with E-state index >= 15 is 0 Å². The Kier molecular flexibility index (Phi) is 2.91. The van der Waals surface area contributed by atoms with Crippen molar-refractivity contribution in [2.45, 2.75) is 32.1 Å². The number of hydrogen-bond donors (Lipinski definition) is 2. The average Bonchev–Trinajstić information content (AvgIpc) is 2.70. The fraction of sp³-hybridized carbons (Fsp3) is 0.500. The highest BCUT2D eigenvalue weighted by Crippen LogP contribution is 2.45. The van der Waals surface area contributed by atoms with Crippen LogP contribution in [0, 0.1) is 5.41 Å². The van der Waals surface area contributed by atoms with Crippen LogP contribution in [0.15, 0.2) is 24.3 Å². The van der Waals surface area contributed by atoms with Gasteiger partial charge in [0.1, 0.15) is 0 Å². The first kappa shape index (κ1) is 12.4. The summed E-state index contributed by atoms with van der Waals surface area (Å²) in [6.45, 7) is 4.11. The van der Waals surface area contributed by atoms with Gasteiger partial charge >= 0.3 is 0 Å². The van der Waals surface area contributed by atoms with Gasteiger partial charge in [0.25, 0.3) is 0 Å². The van der Waals surface area contributed by atoms with Crippen molar-refractivity contribution in [2.75, 3.05) is 5.73 Å². The number of nitrogens with one attached hydrogen (secondary N) is 1. The molecule has 4 nitrogen and oxygen atoms in total. The van der Waals surface area contributed by atoms with Gasteiger partial charge in [-0.1, -0.05) is 26.0 Å². The standard InChI is InChI=1S/C12H18N2O2S/c1-12(2)7-11(12)14-17(15,16)8-9-4-3-5-10(13)6-9/h3-6,11,14H,7-8,13H2,1-2H3. The molecule has 1 aromatic rings. The predicted octanol–water partition coefficient (Wildman–Crippen LogP) is 1.49. The van der Waals surface area contributed by atoms with Gasteiger partial charge in [0, 0.05) is 11.7 Å². The highest BCUT2D eigenvalue weighted by molar-refractivity contribution is 7.88. The normalized spacial score (nSPS) is 22.4. The van der Waals surface area contributed by atoms with E-state index in [9.17, 15) is 8.42 Å². The van der Waals surface area contributed by atoms with Crippen LogP contribution in [0.2, 0.25) is 0 Å². The van der Waals surface area contributed by atoms with E-state index in [0.29, 0.717) is 5.69 Å². The number of rotatable bonds is 4. The van der Waals surface area contributed by atoms with Gasteiger partial charge in [-0.25, -0.2) is 13.1 Å². The fourth-order valence-corrected chi connectivity index (χ4v) is 3.37. The second-order valence-electron chi connectivity index (χ2n) is 5.37. The summed E-state index contributed by atoms with van der Waals surface area (Å²) in [6.07, 6.45) is 0.906. The summed E-state index contributed by atoms with van der Waals surface area (Å²) in [4.78, 5) is 0. The van der Waals surface area contributed by atoms with E-state index in [1.54, 1.807) is 24.3 Å². The number of anilines is 1. The summed E-state index contributed by atoms with van der Waals surface area (Å²) in [5, 5.41) is 0. The first-order valence-corrected chi connectivity index (χ1v) is 7.28. The van der Waals surface area contributed by atoms with E-state index in [4.69, 9.17) is 5.73 Å². The van der Waals surface area contributed by atoms with Crippen LogP contribution in [0.4, 0.5) is 5.69 Å². The van der Waals surface area contributed by atoms with Gasteiger partial charge in [0.15, 0.2) is 0 Å². The maximum Gasteiger partial charge on any atom is 0.216 e. The molecule has 1 aromatic carbocycles. The van der Waals surface area contributed by atoms with Crippen molar-refractivity contribution >= 4 is 15.7 Å². The van der Waals surface area contributed by atoms with Gasteiger partial charge in [-0.3, -0.25) is 0 Å². The largest absolute Gasteiger partial charge is 0.399 e. The second kappa shape index (κ2) is 3.99. The zero-order valence-electron chi connectivity index (χ0n) is 10.1. The molecule has 0 radical (unpaired) electrons. The zero-order chi connectivity index (χ0) is 12.7. The summed E-state index contributed by atoms with van der Waals surface area (Å²) < 4.78 is 26.5. The number of nitrogen functional groups attached to an aromatic ring is 1. The Hall–Kier alpha value is -1.07. The Morgan fingerprint density at radius 1 is 1.47 bits per heavy atom. The molecule has 0 aliphatic heterocycles. The van der Waals surface area contributed by atoms with E-state index in [0.717, 1.165) is 12.0 Å². The molecule has 1 aliphatic carbocycles. The third kappa shape index (κ3) is 3.20. The van der Waals surface area contributed by atoms with Gasteiger partial charge in [-0.2, -0.15) is 0 Å². The summed E-state index contributed by atoms with van der Waals surface area (Å²) in [7, 11) is -3.26. The smallest absolute Gasteiger partial charge is 0.216 e. The molecule has 17 heavy (non-hydrogen) atoms. The molecule has 1 atom stereocenters. The quantitative estimate of drug-likeness (QED) is 0.800. The fourth-order valence-electron chi connectivity index (χ4n) is 1.83. The van der Waals surface area contributed by atoms with Crippen LogP contribution in [0.25, 0.3) is 0 Å². The van der Waals surface area contributed by atoms with Crippen LogP contribution < -0.4 is 10.5 Å². The van der Waals surface area contributed by atoms with E-state index in [1.165, 1.54) is 0 Å². The van der Waals surface area contributed by atoms with Crippen molar-refractivity contribution in [3.05, 3.63) is 29.8 Å². The lowest BCUT2D eigenvalue weighted by Gasteiger charge is -2.08. The molecule has 3 N–H and O–H groups in total. The molecule has 1 fully saturated rings. The lowest BCUT2D eigenvalue weighted by Crippen LogP contribution is -2.29. The molecule has 2 rings (SSSR count). The highest BCUT2D eigenvalue weighted by Gasteiger charge is 2.47. The maximum absolute atomic E-state index is 11.9. The molecule has 0 saturated heterocycles. The van der Waals surface area contributed by atoms with Gasteiger partial charge < -0.3 is 5.73 Å². The second-order valence-corrected chi connectivity index (χ2v) is 7.12. The first-order valence-electron chi connectivity index (χ1n) is 5.63. The van der Waals surface area contributed by atoms with Gasteiger partial charge in [0.2, 0.25) is 10.0 Å². The SMILES string of the molecule is CC1(C)CC1NS(=O)(=O)Cc1cccc(N)c1. The molecule has 0 spiro atoms. The summed E-state index contributed by atoms with van der Waals surface area (Å²) in [6, 6.07) is 7.05. The highest BCUT2D eigenvalue weighted by atomic mass is 32.2. The van der Waals surface area contributed by atoms with Crippen LogP contribution in [-0.4, -0.2) is 14.5 Å². The number of sulfonamides is 1. The molecule has 1 saturated carbocycles. The molecule has 5 heteroatoms. The number of hydrogen-bond acceptors (Lipinski definition) is 3. The van der Waals surface area contributed by atoms with E-state index < -0.39 is 10.0 Å². The Morgan fingerprint density at radius 2 is 2.12 bits per heavy atom. The lowest BCUT2D eigenvalue weighted by molar-refractivity contribution is 0.554. The Morgan fingerprint density at radius 3 is 2.65 bits per heavy atom. The van der Waals surface area contributed by atoms with E-state index in [2.05, 4.69) is 18.6 Å². The number of nitrogens with two attached hydrogens (primary N) is 1. The van der Waals surface area contributed by atoms with Gasteiger partial charge in [0.05, 0.1) is 5.75 Å². The van der Waals surface area contributed by atoms with Gasteiger partial charge in [-0.15, -0.1) is 0 Å². The molecule has 0 aromatic heterocycles. The molecular weight excluding hydrogens is 236 g/mol. The topological polar surface area (TPSA) is 72.2 Å². The van der Waals surface area contributed by atoms with Gasteiger partial charge in [-0.05, 0) is 29.5 Å². The minimum Gasteiger partial charge on any atom is -0.399 e. The molecule has 0 bridgehead atoms. The van der Waals surface area contributed by atoms with Crippen LogP contribution in [0.1, 0.15) is 25.8 Å². The Labute approximate surface area is 102 Å². The van der Waals surface area contributed by atoms with Crippen molar-refractivity contribution in [3.63, 3.8) is 0 Å². The lowest BCUT2D eigenvalue weighted by atomic mass is 10.2. The molecule has 1 unspecified atom stereocenters. The van der Waals surface area contributed by atoms with Crippen LogP contribution >= 0.6 is 0 Å². The molecular formula is C12H18N2O2S. The molecule has 1 aliphatic rings. The number of benzene rings is 1. The Bertz CT molecular complexity index is 523. The summed E-state index contributed by atoms with van der Waals surface area (Å²) in [5.74, 6) is -0.00931. The van der Waals surface area contributed by atoms with Crippen LogP contribution in [0.3, 0.4) is 0 Å². The predicted molar refractivity (Wildman–Crippen MR) is 68.8 cm³/mol. The third-order valence-electron chi connectivity index (χ3n) is 3.14. The first-order chi connectivity index (χ1) is 7.78. The van der Waals surface area contributed by atoms with Crippen LogP contribution in [0.5, 0.6) is 0 Å². The van der Waals surface area contributed by atoms with E-state index in [1.807, 2.05) is 0 Å². The molecule has 94 valence electrons. The monoisotopic (exact) mass is 254 g/mol. The van der Waals surface area contributed by atoms with Crippen molar-refractivity contribution in [2.24, 2.45) is 5.41 Å². The molecule has 0 amide bonds. The minimum atomic E-state index is -3.26. The zero-order valence-corrected chi connectivity index (χ0v) is 10.9. The third-order valence-corrected chi connectivity index (χ3v) is 4.50. The van der Waals surface area contributed by atoms with Crippen molar-refractivity contribution < 1.29 is 8.42 Å².